The van der Waals surface area contributed by atoms with Crippen molar-refractivity contribution < 1.29 is 14.6 Å². The highest BCUT2D eigenvalue weighted by atomic mass is 16.5. The Hall–Kier alpha value is -0.610. The molecule has 0 aromatic rings. The molecule has 2 rings (SSSR count). The van der Waals surface area contributed by atoms with Crippen molar-refractivity contribution in [1.29, 1.82) is 0 Å². The van der Waals surface area contributed by atoms with Crippen molar-refractivity contribution in [3.63, 3.8) is 0 Å². The number of likely N-dealkylation sites (tertiary alicyclic amines) is 1. The minimum absolute atomic E-state index is 0.0150. The molecule has 1 unspecified atom stereocenters. The summed E-state index contributed by atoms with van der Waals surface area (Å²) in [6, 6.07) is -0.300. The van der Waals surface area contributed by atoms with Gasteiger partial charge in [-0.3, -0.25) is 9.69 Å². The van der Waals surface area contributed by atoms with Crippen LogP contribution in [-0.2, 0) is 9.53 Å². The lowest BCUT2D eigenvalue weighted by Crippen LogP contribution is -2.46. The van der Waals surface area contributed by atoms with Crippen LogP contribution in [0.1, 0.15) is 19.3 Å². The number of aliphatic carboxylic acids is 1. The summed E-state index contributed by atoms with van der Waals surface area (Å²) in [6.45, 7) is 2.34. The highest BCUT2D eigenvalue weighted by Crippen LogP contribution is 2.44. The molecular weight excluding hydrogens is 182 g/mol. The fraction of sp³-hybridized carbons (Fsp3) is 0.900. The van der Waals surface area contributed by atoms with E-state index < -0.39 is 5.97 Å². The van der Waals surface area contributed by atoms with Crippen molar-refractivity contribution >= 4 is 5.97 Å². The Bertz CT molecular complexity index is 230. The lowest BCUT2D eigenvalue weighted by molar-refractivity contribution is -0.147. The van der Waals surface area contributed by atoms with E-state index in [0.29, 0.717) is 0 Å². The lowest BCUT2D eigenvalue weighted by Gasteiger charge is -2.37. The monoisotopic (exact) mass is 199 g/mol. The van der Waals surface area contributed by atoms with Gasteiger partial charge < -0.3 is 9.84 Å². The summed E-state index contributed by atoms with van der Waals surface area (Å²) in [5, 5.41) is 9.22. The Morgan fingerprint density at radius 3 is 2.64 bits per heavy atom. The molecule has 1 spiro atoms. The molecule has 4 nitrogen and oxygen atoms in total. The van der Waals surface area contributed by atoms with Crippen LogP contribution in [0.5, 0.6) is 0 Å². The van der Waals surface area contributed by atoms with E-state index in [1.807, 2.05) is 11.9 Å². The minimum atomic E-state index is -0.674. The Kier molecular flexibility index (Phi) is 2.49. The van der Waals surface area contributed by atoms with E-state index in [-0.39, 0.29) is 11.5 Å². The number of carboxylic acid groups (broad SMARTS) is 1. The highest BCUT2D eigenvalue weighted by molar-refractivity contribution is 5.75. The molecule has 4 heteroatoms. The normalized spacial score (nSPS) is 32.2. The van der Waals surface area contributed by atoms with Gasteiger partial charge in [0.15, 0.2) is 0 Å². The maximum atomic E-state index is 11.2. The van der Waals surface area contributed by atoms with E-state index in [9.17, 15) is 9.90 Å². The number of likely N-dealkylation sites (N-methyl/N-ethyl adjacent to an activating group) is 1. The number of nitrogens with zero attached hydrogens (tertiary/aromatic N) is 1. The third-order valence-corrected chi connectivity index (χ3v) is 3.71. The van der Waals surface area contributed by atoms with Crippen LogP contribution in [-0.4, -0.2) is 48.8 Å². The predicted octanol–water partition coefficient (Wildman–Crippen LogP) is 0.572. The van der Waals surface area contributed by atoms with Crippen molar-refractivity contribution in [2.45, 2.75) is 25.3 Å². The Labute approximate surface area is 83.8 Å². The average Bonchev–Trinajstić information content (AvgIpc) is 2.45. The topological polar surface area (TPSA) is 49.8 Å². The minimum Gasteiger partial charge on any atom is -0.480 e. The van der Waals surface area contributed by atoms with Gasteiger partial charge in [-0.05, 0) is 32.9 Å². The first kappa shape index (κ1) is 9.93. The molecule has 2 aliphatic rings. The molecule has 2 heterocycles. The molecule has 0 amide bonds. The zero-order valence-electron chi connectivity index (χ0n) is 8.53. The first-order valence-electron chi connectivity index (χ1n) is 5.16. The van der Waals surface area contributed by atoms with Gasteiger partial charge in [-0.2, -0.15) is 0 Å². The quantitative estimate of drug-likeness (QED) is 0.671. The van der Waals surface area contributed by atoms with Crippen molar-refractivity contribution in [2.24, 2.45) is 5.41 Å². The largest absolute Gasteiger partial charge is 0.480 e. The third kappa shape index (κ3) is 1.42. The van der Waals surface area contributed by atoms with Gasteiger partial charge in [0.1, 0.15) is 6.04 Å². The standard InChI is InChI=1S/C10H17NO3/c1-11-5-2-10(8(11)9(12)13)3-6-14-7-4-10/h8H,2-7H2,1H3,(H,12,13). The van der Waals surface area contributed by atoms with Gasteiger partial charge in [-0.1, -0.05) is 0 Å². The number of hydrogen-bond acceptors (Lipinski definition) is 3. The second-order valence-corrected chi connectivity index (χ2v) is 4.45. The van der Waals surface area contributed by atoms with Crippen LogP contribution in [0.25, 0.3) is 0 Å². The summed E-state index contributed by atoms with van der Waals surface area (Å²) in [5.41, 5.74) is -0.0150. The molecule has 80 valence electrons. The van der Waals surface area contributed by atoms with E-state index in [0.717, 1.165) is 39.0 Å². The van der Waals surface area contributed by atoms with Crippen molar-refractivity contribution in [1.82, 2.24) is 4.90 Å². The molecule has 0 aromatic heterocycles. The van der Waals surface area contributed by atoms with Crippen LogP contribution in [0.4, 0.5) is 0 Å². The first-order valence-corrected chi connectivity index (χ1v) is 5.16. The summed E-state index contributed by atoms with van der Waals surface area (Å²) < 4.78 is 5.31. The number of carbonyl (C=O) groups is 1. The Morgan fingerprint density at radius 2 is 2.07 bits per heavy atom. The molecular formula is C10H17NO3. The molecule has 0 aliphatic carbocycles. The molecule has 2 fully saturated rings. The van der Waals surface area contributed by atoms with Crippen LogP contribution in [0.2, 0.25) is 0 Å². The zero-order chi connectivity index (χ0) is 10.2. The Balaban J connectivity index is 2.20. The molecule has 14 heavy (non-hydrogen) atoms. The van der Waals surface area contributed by atoms with Crippen molar-refractivity contribution in [2.75, 3.05) is 26.8 Å². The van der Waals surface area contributed by atoms with E-state index in [1.54, 1.807) is 0 Å². The summed E-state index contributed by atoms with van der Waals surface area (Å²) in [6.07, 6.45) is 2.80. The number of rotatable bonds is 1. The summed E-state index contributed by atoms with van der Waals surface area (Å²) in [5.74, 6) is -0.674. The number of carboxylic acids is 1. The number of ether oxygens (including phenoxy) is 1. The van der Waals surface area contributed by atoms with Crippen LogP contribution < -0.4 is 0 Å². The fourth-order valence-corrected chi connectivity index (χ4v) is 2.88. The fourth-order valence-electron chi connectivity index (χ4n) is 2.88. The maximum Gasteiger partial charge on any atom is 0.321 e. The van der Waals surface area contributed by atoms with Crippen molar-refractivity contribution in [3.05, 3.63) is 0 Å². The van der Waals surface area contributed by atoms with Gasteiger partial charge in [0.2, 0.25) is 0 Å². The predicted molar refractivity (Wildman–Crippen MR) is 51.2 cm³/mol. The van der Waals surface area contributed by atoms with Crippen LogP contribution in [0.3, 0.4) is 0 Å². The third-order valence-electron chi connectivity index (χ3n) is 3.71. The first-order chi connectivity index (χ1) is 6.66. The van der Waals surface area contributed by atoms with Gasteiger partial charge in [-0.15, -0.1) is 0 Å². The van der Waals surface area contributed by atoms with Gasteiger partial charge in [0.25, 0.3) is 0 Å². The van der Waals surface area contributed by atoms with E-state index >= 15 is 0 Å². The summed E-state index contributed by atoms with van der Waals surface area (Å²) >= 11 is 0. The van der Waals surface area contributed by atoms with Gasteiger partial charge in [-0.25, -0.2) is 0 Å². The summed E-state index contributed by atoms with van der Waals surface area (Å²) in [7, 11) is 1.91. The van der Waals surface area contributed by atoms with Gasteiger partial charge in [0.05, 0.1) is 0 Å². The van der Waals surface area contributed by atoms with E-state index in [1.165, 1.54) is 0 Å². The van der Waals surface area contributed by atoms with E-state index in [2.05, 4.69) is 0 Å². The molecule has 1 N–H and O–H groups in total. The van der Waals surface area contributed by atoms with Crippen LogP contribution in [0, 0.1) is 5.41 Å². The van der Waals surface area contributed by atoms with Gasteiger partial charge in [0, 0.05) is 18.6 Å². The second kappa shape index (κ2) is 3.51. The molecule has 2 aliphatic heterocycles. The van der Waals surface area contributed by atoms with Crippen LogP contribution >= 0.6 is 0 Å². The smallest absolute Gasteiger partial charge is 0.321 e. The maximum absolute atomic E-state index is 11.2. The SMILES string of the molecule is CN1CCC2(CCOCC2)C1C(=O)O. The molecule has 1 atom stereocenters. The Morgan fingerprint density at radius 1 is 1.43 bits per heavy atom. The second-order valence-electron chi connectivity index (χ2n) is 4.45. The molecule has 2 saturated heterocycles. The average molecular weight is 199 g/mol. The van der Waals surface area contributed by atoms with Crippen LogP contribution in [0.15, 0.2) is 0 Å². The molecule has 0 bridgehead atoms. The molecule has 0 aromatic carbocycles. The van der Waals surface area contributed by atoms with Crippen molar-refractivity contribution in [3.8, 4) is 0 Å². The van der Waals surface area contributed by atoms with Gasteiger partial charge >= 0.3 is 5.97 Å². The highest BCUT2D eigenvalue weighted by Gasteiger charge is 2.50. The zero-order valence-corrected chi connectivity index (χ0v) is 8.53. The summed E-state index contributed by atoms with van der Waals surface area (Å²) in [4.78, 5) is 13.2. The lowest BCUT2D eigenvalue weighted by atomic mass is 9.74. The molecule has 0 saturated carbocycles. The van der Waals surface area contributed by atoms with E-state index in [4.69, 9.17) is 4.74 Å². The number of hydrogen-bond donors (Lipinski definition) is 1. The molecule has 0 radical (unpaired) electrons.